The predicted molar refractivity (Wildman–Crippen MR) is 66.2 cm³/mol. The van der Waals surface area contributed by atoms with Crippen molar-refractivity contribution in [3.63, 3.8) is 0 Å². The molecule has 1 unspecified atom stereocenters. The lowest BCUT2D eigenvalue weighted by atomic mass is 10.3. The highest BCUT2D eigenvalue weighted by Gasteiger charge is 2.24. The number of aromatic nitrogens is 5. The Balaban J connectivity index is 2.25. The van der Waals surface area contributed by atoms with Gasteiger partial charge < -0.3 is 10.3 Å². The summed E-state index contributed by atoms with van der Waals surface area (Å²) in [4.78, 5) is 0. The van der Waals surface area contributed by atoms with Crippen molar-refractivity contribution in [2.45, 2.75) is 24.5 Å². The topological polar surface area (TPSA) is 132 Å². The van der Waals surface area contributed by atoms with E-state index in [1.807, 2.05) is 0 Å². The fourth-order valence-electron chi connectivity index (χ4n) is 1.71. The van der Waals surface area contributed by atoms with Crippen molar-refractivity contribution >= 4 is 10.0 Å². The third kappa shape index (κ3) is 2.64. The van der Waals surface area contributed by atoms with E-state index in [-0.39, 0.29) is 11.6 Å². The summed E-state index contributed by atoms with van der Waals surface area (Å²) >= 11 is 0. The Hall–Kier alpha value is -1.78. The lowest BCUT2D eigenvalue weighted by Gasteiger charge is -2.13. The van der Waals surface area contributed by atoms with E-state index in [2.05, 4.69) is 25.1 Å². The highest BCUT2D eigenvalue weighted by atomic mass is 32.2. The van der Waals surface area contributed by atoms with Crippen LogP contribution in [0.25, 0.3) is 0 Å². The maximum atomic E-state index is 12.2. The van der Waals surface area contributed by atoms with Crippen molar-refractivity contribution in [1.29, 1.82) is 0 Å². The first kappa shape index (κ1) is 13.6. The van der Waals surface area contributed by atoms with Gasteiger partial charge in [0.2, 0.25) is 0 Å². The molecule has 0 aliphatic rings. The van der Waals surface area contributed by atoms with E-state index in [9.17, 15) is 8.42 Å². The van der Waals surface area contributed by atoms with E-state index in [0.29, 0.717) is 11.4 Å². The molecule has 2 aromatic heterocycles. The zero-order chi connectivity index (χ0) is 14.0. The van der Waals surface area contributed by atoms with Gasteiger partial charge in [0.25, 0.3) is 10.0 Å². The number of rotatable bonds is 5. The second-order valence-corrected chi connectivity index (χ2v) is 5.72. The van der Waals surface area contributed by atoms with Gasteiger partial charge in [-0.25, -0.2) is 8.42 Å². The molecule has 0 spiro atoms. The van der Waals surface area contributed by atoms with Gasteiger partial charge in [-0.1, -0.05) is 0 Å². The van der Waals surface area contributed by atoms with Crippen LogP contribution in [-0.2, 0) is 23.6 Å². The molecule has 104 valence electrons. The summed E-state index contributed by atoms with van der Waals surface area (Å²) in [6.45, 7) is 1.77. The highest BCUT2D eigenvalue weighted by molar-refractivity contribution is 7.89. The Morgan fingerprint density at radius 1 is 1.58 bits per heavy atom. The SMILES string of the molecule is CC(NS(=O)(=O)c1[nH]ncc1CN)c1nncn1C. The molecule has 10 heteroatoms. The lowest BCUT2D eigenvalue weighted by Crippen LogP contribution is -2.29. The first-order valence-corrected chi connectivity index (χ1v) is 7.02. The number of nitrogens with one attached hydrogen (secondary N) is 2. The fraction of sp³-hybridized carbons (Fsp3) is 0.444. The van der Waals surface area contributed by atoms with Crippen LogP contribution in [0.4, 0.5) is 0 Å². The van der Waals surface area contributed by atoms with Gasteiger partial charge in [-0.05, 0) is 6.92 Å². The van der Waals surface area contributed by atoms with Gasteiger partial charge in [0, 0.05) is 19.2 Å². The molecule has 9 nitrogen and oxygen atoms in total. The molecular weight excluding hydrogens is 270 g/mol. The van der Waals surface area contributed by atoms with Crippen LogP contribution < -0.4 is 10.5 Å². The molecule has 0 fully saturated rings. The molecular formula is C9H15N7O2S. The average molecular weight is 285 g/mol. The highest BCUT2D eigenvalue weighted by Crippen LogP contribution is 2.15. The number of aryl methyl sites for hydroxylation is 1. The smallest absolute Gasteiger partial charge is 0.258 e. The molecule has 0 aliphatic heterocycles. The van der Waals surface area contributed by atoms with Crippen LogP contribution >= 0.6 is 0 Å². The monoisotopic (exact) mass is 285 g/mol. The van der Waals surface area contributed by atoms with Crippen molar-refractivity contribution in [1.82, 2.24) is 29.7 Å². The Morgan fingerprint density at radius 3 is 2.89 bits per heavy atom. The van der Waals surface area contributed by atoms with E-state index >= 15 is 0 Å². The number of H-pyrrole nitrogens is 1. The van der Waals surface area contributed by atoms with Gasteiger partial charge in [-0.3, -0.25) is 5.10 Å². The summed E-state index contributed by atoms with van der Waals surface area (Å²) in [5.41, 5.74) is 5.89. The van der Waals surface area contributed by atoms with E-state index in [1.54, 1.807) is 18.5 Å². The van der Waals surface area contributed by atoms with Crippen molar-refractivity contribution in [2.75, 3.05) is 0 Å². The molecule has 0 aliphatic carbocycles. The van der Waals surface area contributed by atoms with Crippen molar-refractivity contribution in [2.24, 2.45) is 12.8 Å². The summed E-state index contributed by atoms with van der Waals surface area (Å²) in [5, 5.41) is 13.7. The Kier molecular flexibility index (Phi) is 3.64. The second kappa shape index (κ2) is 5.07. The molecule has 0 radical (unpaired) electrons. The first-order chi connectivity index (χ1) is 8.95. The van der Waals surface area contributed by atoms with Gasteiger partial charge >= 0.3 is 0 Å². The molecule has 0 bridgehead atoms. The van der Waals surface area contributed by atoms with Crippen LogP contribution in [0.1, 0.15) is 24.4 Å². The average Bonchev–Trinajstić information content (AvgIpc) is 2.96. The van der Waals surface area contributed by atoms with Crippen LogP contribution in [0, 0.1) is 0 Å². The summed E-state index contributed by atoms with van der Waals surface area (Å²) < 4.78 is 28.5. The van der Waals surface area contributed by atoms with Crippen LogP contribution in [0.5, 0.6) is 0 Å². The van der Waals surface area contributed by atoms with Gasteiger partial charge in [-0.15, -0.1) is 10.2 Å². The predicted octanol–water partition coefficient (Wildman–Crippen LogP) is -0.964. The van der Waals surface area contributed by atoms with Crippen LogP contribution in [0.3, 0.4) is 0 Å². The van der Waals surface area contributed by atoms with E-state index in [1.165, 1.54) is 12.5 Å². The zero-order valence-electron chi connectivity index (χ0n) is 10.5. The van der Waals surface area contributed by atoms with Crippen molar-refractivity contribution in [3.8, 4) is 0 Å². The minimum Gasteiger partial charge on any atom is -0.326 e. The number of aromatic amines is 1. The largest absolute Gasteiger partial charge is 0.326 e. The zero-order valence-corrected chi connectivity index (χ0v) is 11.3. The summed E-state index contributed by atoms with van der Waals surface area (Å²) in [7, 11) is -1.99. The van der Waals surface area contributed by atoms with Crippen molar-refractivity contribution in [3.05, 3.63) is 23.9 Å². The Bertz CT molecular complexity index is 660. The molecule has 2 rings (SSSR count). The number of nitrogens with zero attached hydrogens (tertiary/aromatic N) is 4. The third-order valence-electron chi connectivity index (χ3n) is 2.63. The molecule has 19 heavy (non-hydrogen) atoms. The molecule has 0 amide bonds. The van der Waals surface area contributed by atoms with E-state index in [0.717, 1.165) is 0 Å². The summed E-state index contributed by atoms with van der Waals surface area (Å²) in [5.74, 6) is 0.511. The lowest BCUT2D eigenvalue weighted by molar-refractivity contribution is 0.548. The van der Waals surface area contributed by atoms with Gasteiger partial charge in [-0.2, -0.15) is 9.82 Å². The minimum absolute atomic E-state index is 0.0241. The molecule has 0 saturated carbocycles. The fourth-order valence-corrected chi connectivity index (χ4v) is 3.05. The van der Waals surface area contributed by atoms with Crippen LogP contribution in [0.15, 0.2) is 17.6 Å². The first-order valence-electron chi connectivity index (χ1n) is 5.54. The van der Waals surface area contributed by atoms with Crippen LogP contribution in [-0.4, -0.2) is 33.4 Å². The number of nitrogens with two attached hydrogens (primary N) is 1. The van der Waals surface area contributed by atoms with Gasteiger partial charge in [0.05, 0.1) is 12.2 Å². The number of hydrogen-bond donors (Lipinski definition) is 3. The quantitative estimate of drug-likeness (QED) is 0.648. The normalized spacial score (nSPS) is 13.6. The molecule has 1 atom stereocenters. The number of hydrogen-bond acceptors (Lipinski definition) is 6. The molecule has 0 saturated heterocycles. The third-order valence-corrected chi connectivity index (χ3v) is 4.19. The van der Waals surface area contributed by atoms with Crippen molar-refractivity contribution < 1.29 is 8.42 Å². The van der Waals surface area contributed by atoms with E-state index in [4.69, 9.17) is 5.73 Å². The van der Waals surface area contributed by atoms with Gasteiger partial charge in [0.15, 0.2) is 5.03 Å². The Morgan fingerprint density at radius 2 is 2.32 bits per heavy atom. The number of sulfonamides is 1. The molecule has 0 aromatic carbocycles. The van der Waals surface area contributed by atoms with E-state index < -0.39 is 16.1 Å². The molecule has 2 aromatic rings. The standard InChI is InChI=1S/C9H15N7O2S/c1-6(8-13-12-5-16(8)2)15-19(17,18)9-7(3-10)4-11-14-9/h4-6,15H,3,10H2,1-2H3,(H,11,14). The summed E-state index contributed by atoms with van der Waals surface area (Å²) in [6, 6.07) is -0.522. The molecule has 4 N–H and O–H groups in total. The summed E-state index contributed by atoms with van der Waals surface area (Å²) in [6.07, 6.45) is 2.89. The van der Waals surface area contributed by atoms with Crippen LogP contribution in [0.2, 0.25) is 0 Å². The maximum Gasteiger partial charge on any atom is 0.258 e. The Labute approximate surface area is 110 Å². The van der Waals surface area contributed by atoms with Gasteiger partial charge in [0.1, 0.15) is 12.2 Å². The minimum atomic E-state index is -3.73. The molecule has 2 heterocycles. The second-order valence-electron chi connectivity index (χ2n) is 4.07. The maximum absolute atomic E-state index is 12.2.